The second-order valence-corrected chi connectivity index (χ2v) is 7.56. The van der Waals surface area contributed by atoms with Gasteiger partial charge in [-0.1, -0.05) is 6.42 Å². The summed E-state index contributed by atoms with van der Waals surface area (Å²) in [6.07, 6.45) is 6.31. The number of rotatable bonds is 4. The highest BCUT2D eigenvalue weighted by Gasteiger charge is 2.26. The predicted molar refractivity (Wildman–Crippen MR) is 97.6 cm³/mol. The average Bonchev–Trinajstić information content (AvgIpc) is 2.99. The van der Waals surface area contributed by atoms with Crippen LogP contribution in [0, 0.1) is 6.92 Å². The molecule has 8 heteroatoms. The summed E-state index contributed by atoms with van der Waals surface area (Å²) >= 11 is 1.11. The molecule has 0 unspecified atom stereocenters. The Bertz CT molecular complexity index is 895. The molecule has 2 aromatic rings. The summed E-state index contributed by atoms with van der Waals surface area (Å²) in [6.45, 7) is 3.31. The third-order valence-corrected chi connectivity index (χ3v) is 6.02. The van der Waals surface area contributed by atoms with Crippen molar-refractivity contribution in [2.24, 2.45) is 0 Å². The van der Waals surface area contributed by atoms with Crippen molar-refractivity contribution in [3.05, 3.63) is 27.1 Å². The van der Waals surface area contributed by atoms with Gasteiger partial charge in [0.2, 0.25) is 0 Å². The second kappa shape index (κ2) is 7.57. The molecule has 1 aliphatic carbocycles. The van der Waals surface area contributed by atoms with Crippen molar-refractivity contribution in [3.8, 4) is 0 Å². The van der Waals surface area contributed by atoms with Crippen LogP contribution in [0.3, 0.4) is 0 Å². The normalized spacial score (nSPS) is 16.4. The molecule has 2 heterocycles. The van der Waals surface area contributed by atoms with Crippen molar-refractivity contribution in [2.45, 2.75) is 58.1 Å². The van der Waals surface area contributed by atoms with Gasteiger partial charge in [-0.05, 0) is 45.1 Å². The van der Waals surface area contributed by atoms with Crippen LogP contribution in [-0.2, 0) is 14.3 Å². The van der Waals surface area contributed by atoms with Gasteiger partial charge in [0.15, 0.2) is 0 Å². The number of carbonyl (C=O) groups excluding carboxylic acids is 2. The fourth-order valence-electron chi connectivity index (χ4n) is 3.26. The number of aromatic nitrogens is 2. The van der Waals surface area contributed by atoms with Gasteiger partial charge in [0.25, 0.3) is 5.56 Å². The fraction of sp³-hybridized carbons (Fsp3) is 0.556. The maximum absolute atomic E-state index is 12.9. The Labute approximate surface area is 154 Å². The SMILES string of the molecule is COC(=O)c1sc2ncn([C@H](C)C(=O)OC3CCCCC3)c(=O)c2c1C. The standard InChI is InChI=1S/C18H22N2O5S/c1-10-13-15(26-14(10)18(23)24-3)19-9-20(16(13)21)11(2)17(22)25-12-7-5-4-6-8-12/h9,11-12H,4-8H2,1-3H3/t11-/m1/s1. The summed E-state index contributed by atoms with van der Waals surface area (Å²) in [4.78, 5) is 42.2. The van der Waals surface area contributed by atoms with Crippen LogP contribution in [0.4, 0.5) is 0 Å². The maximum atomic E-state index is 12.9. The molecule has 1 saturated carbocycles. The van der Waals surface area contributed by atoms with Crippen LogP contribution in [0.1, 0.15) is 60.3 Å². The van der Waals surface area contributed by atoms with E-state index in [2.05, 4.69) is 4.98 Å². The molecule has 3 rings (SSSR count). The number of thiophene rings is 1. The van der Waals surface area contributed by atoms with Crippen LogP contribution in [-0.4, -0.2) is 34.7 Å². The van der Waals surface area contributed by atoms with Crippen molar-refractivity contribution >= 4 is 33.5 Å². The zero-order valence-electron chi connectivity index (χ0n) is 15.1. The monoisotopic (exact) mass is 378 g/mol. The molecule has 2 aromatic heterocycles. The van der Waals surface area contributed by atoms with Gasteiger partial charge in [0, 0.05) is 0 Å². The van der Waals surface area contributed by atoms with E-state index in [0.717, 1.165) is 37.0 Å². The maximum Gasteiger partial charge on any atom is 0.348 e. The molecule has 1 aliphatic rings. The van der Waals surface area contributed by atoms with E-state index in [1.807, 2.05) is 0 Å². The van der Waals surface area contributed by atoms with Crippen molar-refractivity contribution in [1.82, 2.24) is 9.55 Å². The summed E-state index contributed by atoms with van der Waals surface area (Å²) in [6, 6.07) is -0.776. The van der Waals surface area contributed by atoms with Crippen LogP contribution in [0.15, 0.2) is 11.1 Å². The first kappa shape index (κ1) is 18.6. The molecule has 0 aliphatic heterocycles. The summed E-state index contributed by atoms with van der Waals surface area (Å²) in [7, 11) is 1.29. The Morgan fingerprint density at radius 2 is 2.00 bits per heavy atom. The Balaban J connectivity index is 1.91. The lowest BCUT2D eigenvalue weighted by molar-refractivity contribution is -0.154. The number of hydrogen-bond acceptors (Lipinski definition) is 7. The molecule has 0 radical (unpaired) electrons. The summed E-state index contributed by atoms with van der Waals surface area (Å²) in [5, 5.41) is 0.343. The van der Waals surface area contributed by atoms with E-state index in [1.54, 1.807) is 13.8 Å². The van der Waals surface area contributed by atoms with E-state index < -0.39 is 18.0 Å². The number of esters is 2. The Morgan fingerprint density at radius 3 is 2.65 bits per heavy atom. The molecule has 0 amide bonds. The first-order chi connectivity index (χ1) is 12.4. The smallest absolute Gasteiger partial charge is 0.348 e. The van der Waals surface area contributed by atoms with Crippen LogP contribution < -0.4 is 5.56 Å². The minimum absolute atomic E-state index is 0.0695. The second-order valence-electron chi connectivity index (χ2n) is 6.56. The van der Waals surface area contributed by atoms with Crippen LogP contribution >= 0.6 is 11.3 Å². The van der Waals surface area contributed by atoms with Crippen LogP contribution in [0.5, 0.6) is 0 Å². The van der Waals surface area contributed by atoms with Gasteiger partial charge in [-0.15, -0.1) is 11.3 Å². The van der Waals surface area contributed by atoms with Crippen molar-refractivity contribution in [1.29, 1.82) is 0 Å². The van der Waals surface area contributed by atoms with Crippen molar-refractivity contribution < 1.29 is 19.1 Å². The van der Waals surface area contributed by atoms with Gasteiger partial charge >= 0.3 is 11.9 Å². The van der Waals surface area contributed by atoms with Gasteiger partial charge in [-0.25, -0.2) is 14.6 Å². The van der Waals surface area contributed by atoms with Gasteiger partial charge in [0.05, 0.1) is 18.8 Å². The lowest BCUT2D eigenvalue weighted by Gasteiger charge is -2.24. The number of ether oxygens (including phenoxy) is 2. The van der Waals surface area contributed by atoms with Gasteiger partial charge in [-0.2, -0.15) is 0 Å². The number of carbonyl (C=O) groups is 2. The van der Waals surface area contributed by atoms with Crippen molar-refractivity contribution in [3.63, 3.8) is 0 Å². The largest absolute Gasteiger partial charge is 0.465 e. The molecule has 0 aromatic carbocycles. The van der Waals surface area contributed by atoms with E-state index in [0.29, 0.717) is 20.7 Å². The topological polar surface area (TPSA) is 87.5 Å². The molecule has 1 fully saturated rings. The first-order valence-corrected chi connectivity index (χ1v) is 9.54. The highest BCUT2D eigenvalue weighted by atomic mass is 32.1. The highest BCUT2D eigenvalue weighted by Crippen LogP contribution is 2.28. The zero-order valence-corrected chi connectivity index (χ0v) is 15.9. The van der Waals surface area contributed by atoms with E-state index in [-0.39, 0.29) is 11.7 Å². The minimum atomic E-state index is -0.776. The Morgan fingerprint density at radius 1 is 1.31 bits per heavy atom. The fourth-order valence-corrected chi connectivity index (χ4v) is 4.32. The number of fused-ring (bicyclic) bond motifs is 1. The quantitative estimate of drug-likeness (QED) is 0.760. The summed E-state index contributed by atoms with van der Waals surface area (Å²) in [5.41, 5.74) is 0.170. The van der Waals surface area contributed by atoms with E-state index in [1.165, 1.54) is 24.4 Å². The van der Waals surface area contributed by atoms with Crippen LogP contribution in [0.2, 0.25) is 0 Å². The highest BCUT2D eigenvalue weighted by molar-refractivity contribution is 7.20. The van der Waals surface area contributed by atoms with Crippen molar-refractivity contribution in [2.75, 3.05) is 7.11 Å². The Kier molecular flexibility index (Phi) is 5.41. The molecule has 0 N–H and O–H groups in total. The predicted octanol–water partition coefficient (Wildman–Crippen LogP) is 2.99. The van der Waals surface area contributed by atoms with Gasteiger partial charge in [0.1, 0.15) is 21.9 Å². The molecular formula is C18H22N2O5S. The number of nitrogens with zero attached hydrogens (tertiary/aromatic N) is 2. The zero-order chi connectivity index (χ0) is 18.8. The van der Waals surface area contributed by atoms with E-state index in [4.69, 9.17) is 9.47 Å². The molecule has 140 valence electrons. The third kappa shape index (κ3) is 3.38. The summed E-state index contributed by atoms with van der Waals surface area (Å²) in [5.74, 6) is -0.928. The Hall–Kier alpha value is -2.22. The number of methoxy groups -OCH3 is 1. The lowest BCUT2D eigenvalue weighted by atomic mass is 9.98. The molecule has 7 nitrogen and oxygen atoms in total. The molecule has 0 spiro atoms. The average molecular weight is 378 g/mol. The van der Waals surface area contributed by atoms with E-state index in [9.17, 15) is 14.4 Å². The summed E-state index contributed by atoms with van der Waals surface area (Å²) < 4.78 is 11.6. The minimum Gasteiger partial charge on any atom is -0.465 e. The number of aryl methyl sites for hydroxylation is 1. The molecule has 1 atom stereocenters. The molecule has 0 saturated heterocycles. The molecule has 0 bridgehead atoms. The van der Waals surface area contributed by atoms with Crippen LogP contribution in [0.25, 0.3) is 10.2 Å². The molecule has 26 heavy (non-hydrogen) atoms. The van der Waals surface area contributed by atoms with Gasteiger partial charge in [-0.3, -0.25) is 9.36 Å². The third-order valence-electron chi connectivity index (χ3n) is 4.84. The first-order valence-electron chi connectivity index (χ1n) is 8.73. The lowest BCUT2D eigenvalue weighted by Crippen LogP contribution is -2.32. The van der Waals surface area contributed by atoms with E-state index >= 15 is 0 Å². The molecular weight excluding hydrogens is 356 g/mol. The number of hydrogen-bond donors (Lipinski definition) is 0. The van der Waals surface area contributed by atoms with Gasteiger partial charge < -0.3 is 9.47 Å².